The number of nitrogen functional groups attached to an aromatic ring is 1. The third-order valence-corrected chi connectivity index (χ3v) is 3.02. The SMILES string of the molecule is Cc1ccc(C(C)C)c(Oc2c(F)cc(N)cc2F)c1. The first-order chi connectivity index (χ1) is 9.38. The van der Waals surface area contributed by atoms with Crippen LogP contribution in [0.3, 0.4) is 0 Å². The zero-order valence-electron chi connectivity index (χ0n) is 11.7. The maximum absolute atomic E-state index is 13.8. The summed E-state index contributed by atoms with van der Waals surface area (Å²) in [6.07, 6.45) is 0. The van der Waals surface area contributed by atoms with Gasteiger partial charge in [-0.1, -0.05) is 26.0 Å². The molecule has 0 radical (unpaired) electrons. The minimum Gasteiger partial charge on any atom is -0.451 e. The Morgan fingerprint density at radius 2 is 1.65 bits per heavy atom. The van der Waals surface area contributed by atoms with Crippen molar-refractivity contribution in [3.8, 4) is 11.5 Å². The summed E-state index contributed by atoms with van der Waals surface area (Å²) in [6, 6.07) is 7.71. The number of halogens is 2. The Kier molecular flexibility index (Phi) is 3.93. The molecule has 0 bridgehead atoms. The first-order valence-electron chi connectivity index (χ1n) is 6.41. The number of anilines is 1. The van der Waals surface area contributed by atoms with E-state index in [1.165, 1.54) is 0 Å². The Morgan fingerprint density at radius 3 is 2.20 bits per heavy atom. The molecule has 0 aliphatic heterocycles. The molecule has 106 valence electrons. The van der Waals surface area contributed by atoms with Crippen LogP contribution in [0.1, 0.15) is 30.9 Å². The molecule has 0 fully saturated rings. The van der Waals surface area contributed by atoms with E-state index in [0.717, 1.165) is 23.3 Å². The van der Waals surface area contributed by atoms with Crippen molar-refractivity contribution in [3.05, 3.63) is 53.1 Å². The number of rotatable bonds is 3. The molecule has 0 amide bonds. The van der Waals surface area contributed by atoms with Crippen LogP contribution in [0, 0.1) is 18.6 Å². The Labute approximate surface area is 117 Å². The molecule has 0 aliphatic carbocycles. The molecule has 0 aliphatic rings. The first-order valence-corrected chi connectivity index (χ1v) is 6.41. The summed E-state index contributed by atoms with van der Waals surface area (Å²) in [4.78, 5) is 0. The summed E-state index contributed by atoms with van der Waals surface area (Å²) < 4.78 is 33.0. The molecule has 0 atom stereocenters. The molecular formula is C16H17F2NO. The summed E-state index contributed by atoms with van der Waals surface area (Å²) in [7, 11) is 0. The van der Waals surface area contributed by atoms with Crippen LogP contribution in [0.4, 0.5) is 14.5 Å². The quantitative estimate of drug-likeness (QED) is 0.820. The third kappa shape index (κ3) is 2.90. The van der Waals surface area contributed by atoms with Gasteiger partial charge >= 0.3 is 0 Å². The fourth-order valence-corrected chi connectivity index (χ4v) is 1.99. The smallest absolute Gasteiger partial charge is 0.198 e. The number of ether oxygens (including phenoxy) is 1. The molecule has 0 spiro atoms. The van der Waals surface area contributed by atoms with Gasteiger partial charge in [-0.3, -0.25) is 0 Å². The van der Waals surface area contributed by atoms with Crippen molar-refractivity contribution < 1.29 is 13.5 Å². The highest BCUT2D eigenvalue weighted by Crippen LogP contribution is 2.34. The fraction of sp³-hybridized carbons (Fsp3) is 0.250. The molecule has 2 nitrogen and oxygen atoms in total. The predicted octanol–water partition coefficient (Wildman–Crippen LogP) is 4.77. The molecule has 2 rings (SSSR count). The zero-order chi connectivity index (χ0) is 14.9. The maximum atomic E-state index is 13.8. The monoisotopic (exact) mass is 277 g/mol. The summed E-state index contributed by atoms with van der Waals surface area (Å²) >= 11 is 0. The highest BCUT2D eigenvalue weighted by atomic mass is 19.1. The molecule has 2 aromatic carbocycles. The first kappa shape index (κ1) is 14.3. The number of hydrogen-bond acceptors (Lipinski definition) is 2. The number of hydrogen-bond donors (Lipinski definition) is 1. The average molecular weight is 277 g/mol. The van der Waals surface area contributed by atoms with E-state index < -0.39 is 17.4 Å². The molecule has 0 saturated heterocycles. The molecule has 20 heavy (non-hydrogen) atoms. The predicted molar refractivity (Wildman–Crippen MR) is 76.1 cm³/mol. The fourth-order valence-electron chi connectivity index (χ4n) is 1.99. The van der Waals surface area contributed by atoms with E-state index in [0.29, 0.717) is 5.75 Å². The molecule has 2 aromatic rings. The molecule has 4 heteroatoms. The van der Waals surface area contributed by atoms with E-state index in [2.05, 4.69) is 0 Å². The van der Waals surface area contributed by atoms with E-state index in [-0.39, 0.29) is 11.6 Å². The zero-order valence-corrected chi connectivity index (χ0v) is 11.7. The molecule has 0 heterocycles. The van der Waals surface area contributed by atoms with E-state index >= 15 is 0 Å². The second-order valence-electron chi connectivity index (χ2n) is 5.11. The van der Waals surface area contributed by atoms with Crippen LogP contribution in [0.2, 0.25) is 0 Å². The minimum absolute atomic E-state index is 0.0284. The Hall–Kier alpha value is -2.10. The standard InChI is InChI=1S/C16H17F2NO/c1-9(2)12-5-4-10(3)6-15(12)20-16-13(17)7-11(19)8-14(16)18/h4-9H,19H2,1-3H3. The highest BCUT2D eigenvalue weighted by Gasteiger charge is 2.16. The van der Waals surface area contributed by atoms with Gasteiger partial charge in [-0.25, -0.2) is 8.78 Å². The van der Waals surface area contributed by atoms with Gasteiger partial charge in [-0.15, -0.1) is 0 Å². The van der Waals surface area contributed by atoms with Crippen LogP contribution in [0.25, 0.3) is 0 Å². The van der Waals surface area contributed by atoms with Crippen molar-refractivity contribution in [1.29, 1.82) is 0 Å². The summed E-state index contributed by atoms with van der Waals surface area (Å²) in [6.45, 7) is 5.88. The minimum atomic E-state index is -0.807. The van der Waals surface area contributed by atoms with E-state index in [9.17, 15) is 8.78 Å². The van der Waals surface area contributed by atoms with E-state index in [1.807, 2.05) is 32.9 Å². The summed E-state index contributed by atoms with van der Waals surface area (Å²) in [5, 5.41) is 0. The summed E-state index contributed by atoms with van der Waals surface area (Å²) in [5.74, 6) is -1.39. The van der Waals surface area contributed by atoms with E-state index in [4.69, 9.17) is 10.5 Å². The van der Waals surface area contributed by atoms with Gasteiger partial charge < -0.3 is 10.5 Å². The Balaban J connectivity index is 2.47. The van der Waals surface area contributed by atoms with Crippen LogP contribution in [-0.4, -0.2) is 0 Å². The van der Waals surface area contributed by atoms with Crippen molar-refractivity contribution in [2.75, 3.05) is 5.73 Å². The van der Waals surface area contributed by atoms with Crippen LogP contribution >= 0.6 is 0 Å². The molecule has 0 unspecified atom stereocenters. The van der Waals surface area contributed by atoms with Crippen LogP contribution in [0.15, 0.2) is 30.3 Å². The normalized spacial score (nSPS) is 10.9. The number of benzene rings is 2. The van der Waals surface area contributed by atoms with Crippen LogP contribution < -0.4 is 10.5 Å². The lowest BCUT2D eigenvalue weighted by Crippen LogP contribution is -1.99. The summed E-state index contributed by atoms with van der Waals surface area (Å²) in [5.41, 5.74) is 7.27. The van der Waals surface area contributed by atoms with E-state index in [1.54, 1.807) is 6.07 Å². The lowest BCUT2D eigenvalue weighted by molar-refractivity contribution is 0.403. The maximum Gasteiger partial charge on any atom is 0.198 e. The van der Waals surface area contributed by atoms with Gasteiger partial charge in [0.25, 0.3) is 0 Å². The largest absolute Gasteiger partial charge is 0.451 e. The Morgan fingerprint density at radius 1 is 1.05 bits per heavy atom. The second-order valence-corrected chi connectivity index (χ2v) is 5.11. The Bertz CT molecular complexity index is 615. The molecular weight excluding hydrogens is 260 g/mol. The molecule has 2 N–H and O–H groups in total. The van der Waals surface area contributed by atoms with Gasteiger partial charge in [0.15, 0.2) is 17.4 Å². The van der Waals surface area contributed by atoms with Gasteiger partial charge in [0.1, 0.15) is 5.75 Å². The van der Waals surface area contributed by atoms with Gasteiger partial charge in [0.05, 0.1) is 0 Å². The second kappa shape index (κ2) is 5.49. The van der Waals surface area contributed by atoms with Crippen molar-refractivity contribution in [2.24, 2.45) is 0 Å². The number of aryl methyl sites for hydroxylation is 1. The average Bonchev–Trinajstić information content (AvgIpc) is 2.33. The van der Waals surface area contributed by atoms with Crippen molar-refractivity contribution in [1.82, 2.24) is 0 Å². The van der Waals surface area contributed by atoms with Crippen molar-refractivity contribution >= 4 is 5.69 Å². The lowest BCUT2D eigenvalue weighted by atomic mass is 10.0. The molecule has 0 saturated carbocycles. The van der Waals surface area contributed by atoms with Gasteiger partial charge in [-0.05, 0) is 30.0 Å². The van der Waals surface area contributed by atoms with Gasteiger partial charge in [0, 0.05) is 17.8 Å². The van der Waals surface area contributed by atoms with Crippen molar-refractivity contribution in [2.45, 2.75) is 26.7 Å². The highest BCUT2D eigenvalue weighted by molar-refractivity contribution is 5.47. The lowest BCUT2D eigenvalue weighted by Gasteiger charge is -2.15. The molecule has 0 aromatic heterocycles. The van der Waals surface area contributed by atoms with Crippen molar-refractivity contribution in [3.63, 3.8) is 0 Å². The topological polar surface area (TPSA) is 35.2 Å². The van der Waals surface area contributed by atoms with Crippen LogP contribution in [-0.2, 0) is 0 Å². The number of nitrogens with two attached hydrogens (primary N) is 1. The third-order valence-electron chi connectivity index (χ3n) is 3.02. The van der Waals surface area contributed by atoms with Crippen LogP contribution in [0.5, 0.6) is 11.5 Å². The van der Waals surface area contributed by atoms with Gasteiger partial charge in [0.2, 0.25) is 0 Å². The van der Waals surface area contributed by atoms with Gasteiger partial charge in [-0.2, -0.15) is 0 Å².